The van der Waals surface area contributed by atoms with E-state index in [1.54, 1.807) is 29.1 Å². The van der Waals surface area contributed by atoms with Gasteiger partial charge in [0.2, 0.25) is 0 Å². The Kier molecular flexibility index (Phi) is 5.65. The summed E-state index contributed by atoms with van der Waals surface area (Å²) in [6, 6.07) is 12.2. The van der Waals surface area contributed by atoms with E-state index in [4.69, 9.17) is 0 Å². The number of hydrogen-bond acceptors (Lipinski definition) is 5. The Morgan fingerprint density at radius 2 is 1.97 bits per heavy atom. The van der Waals surface area contributed by atoms with E-state index < -0.39 is 10.0 Å². The third kappa shape index (κ3) is 4.50. The van der Waals surface area contributed by atoms with Crippen molar-refractivity contribution in [2.45, 2.75) is 23.6 Å². The lowest BCUT2D eigenvalue weighted by atomic mass is 10.3. The molecule has 0 aliphatic carbocycles. The molecule has 3 heterocycles. The first-order valence-corrected chi connectivity index (χ1v) is 11.5. The van der Waals surface area contributed by atoms with E-state index >= 15 is 0 Å². The van der Waals surface area contributed by atoms with Crippen molar-refractivity contribution in [1.82, 2.24) is 19.4 Å². The molecule has 4 rings (SSSR count). The number of carbonyl (C=O) groups excluding carboxylic acids is 1. The molecular weight excluding hydrogens is 410 g/mol. The normalized spacial score (nSPS) is 14.8. The fraction of sp³-hybridized carbons (Fsp3) is 0.263. The van der Waals surface area contributed by atoms with Gasteiger partial charge in [-0.3, -0.25) is 0 Å². The number of carbonyl (C=O) groups is 1. The molecule has 0 atom stereocenters. The monoisotopic (exact) mass is 431 g/mol. The Bertz CT molecular complexity index is 1090. The highest BCUT2D eigenvalue weighted by atomic mass is 32.2. The molecular formula is C19H21N5O3S2. The summed E-state index contributed by atoms with van der Waals surface area (Å²) in [5, 5.41) is 9.72. The molecule has 2 N–H and O–H groups in total. The number of sulfonamides is 1. The zero-order chi connectivity index (χ0) is 20.3. The molecule has 0 saturated carbocycles. The molecule has 1 fully saturated rings. The van der Waals surface area contributed by atoms with Crippen LogP contribution >= 0.6 is 11.3 Å². The number of amides is 2. The Morgan fingerprint density at radius 1 is 1.14 bits per heavy atom. The highest BCUT2D eigenvalue weighted by Crippen LogP contribution is 2.27. The van der Waals surface area contributed by atoms with E-state index in [0.29, 0.717) is 23.0 Å². The summed E-state index contributed by atoms with van der Waals surface area (Å²) in [5.41, 5.74) is 1.47. The van der Waals surface area contributed by atoms with Crippen LogP contribution < -0.4 is 10.6 Å². The second-order valence-electron chi connectivity index (χ2n) is 6.64. The van der Waals surface area contributed by atoms with Crippen LogP contribution in [0.25, 0.3) is 5.69 Å². The number of urea groups is 1. The van der Waals surface area contributed by atoms with Crippen molar-refractivity contribution >= 4 is 33.1 Å². The average molecular weight is 432 g/mol. The molecule has 0 spiro atoms. The van der Waals surface area contributed by atoms with Gasteiger partial charge < -0.3 is 10.6 Å². The number of anilines is 1. The van der Waals surface area contributed by atoms with E-state index in [1.807, 2.05) is 30.5 Å². The van der Waals surface area contributed by atoms with Crippen LogP contribution in [0, 0.1) is 0 Å². The first-order valence-electron chi connectivity index (χ1n) is 9.26. The molecule has 0 radical (unpaired) electrons. The Hall–Kier alpha value is -2.69. The molecule has 29 heavy (non-hydrogen) atoms. The Morgan fingerprint density at radius 3 is 2.72 bits per heavy atom. The first kappa shape index (κ1) is 19.6. The van der Waals surface area contributed by atoms with Gasteiger partial charge in [0.05, 0.1) is 12.2 Å². The van der Waals surface area contributed by atoms with Crippen LogP contribution in [0.3, 0.4) is 0 Å². The summed E-state index contributed by atoms with van der Waals surface area (Å²) in [6.07, 6.45) is 5.32. The number of rotatable bonds is 6. The highest BCUT2D eigenvalue weighted by molar-refractivity contribution is 7.91. The van der Waals surface area contributed by atoms with Gasteiger partial charge in [-0.1, -0.05) is 6.07 Å². The van der Waals surface area contributed by atoms with E-state index in [0.717, 1.165) is 23.4 Å². The Balaban J connectivity index is 1.35. The summed E-state index contributed by atoms with van der Waals surface area (Å²) < 4.78 is 28.7. The standard InChI is InChI=1S/C19H21N5O3S2/c25-19(22-15-5-3-6-16(13-15)24-12-4-9-21-24)20-14-17-7-8-18(28-17)29(26,27)23-10-1-2-11-23/h3-9,12-13H,1-2,10-11,14H2,(H2,20,22,25). The maximum absolute atomic E-state index is 12.6. The lowest BCUT2D eigenvalue weighted by molar-refractivity contribution is 0.252. The van der Waals surface area contributed by atoms with Gasteiger partial charge in [-0.15, -0.1) is 11.3 Å². The molecule has 1 aliphatic heterocycles. The molecule has 3 aromatic rings. The van der Waals surface area contributed by atoms with Crippen LogP contribution in [0.4, 0.5) is 10.5 Å². The number of benzene rings is 1. The second-order valence-corrected chi connectivity index (χ2v) is 9.97. The maximum atomic E-state index is 12.6. The fourth-order valence-electron chi connectivity index (χ4n) is 3.14. The van der Waals surface area contributed by atoms with E-state index in [1.165, 1.54) is 15.6 Å². The zero-order valence-corrected chi connectivity index (χ0v) is 17.2. The molecule has 152 valence electrons. The molecule has 0 bridgehead atoms. The lowest BCUT2D eigenvalue weighted by Gasteiger charge is -2.13. The predicted molar refractivity (Wildman–Crippen MR) is 112 cm³/mol. The summed E-state index contributed by atoms with van der Waals surface area (Å²) in [6.45, 7) is 1.41. The van der Waals surface area contributed by atoms with Crippen LogP contribution in [0.1, 0.15) is 17.7 Å². The van der Waals surface area contributed by atoms with E-state index in [9.17, 15) is 13.2 Å². The molecule has 1 aromatic carbocycles. The Labute approximate surface area is 173 Å². The largest absolute Gasteiger partial charge is 0.333 e. The smallest absolute Gasteiger partial charge is 0.319 e. The summed E-state index contributed by atoms with van der Waals surface area (Å²) in [4.78, 5) is 13.0. The van der Waals surface area contributed by atoms with Crippen molar-refractivity contribution in [3.63, 3.8) is 0 Å². The van der Waals surface area contributed by atoms with Gasteiger partial charge in [-0.05, 0) is 49.2 Å². The average Bonchev–Trinajstić information content (AvgIpc) is 3.49. The third-order valence-corrected chi connectivity index (χ3v) is 8.04. The molecule has 8 nitrogen and oxygen atoms in total. The van der Waals surface area contributed by atoms with Gasteiger partial charge in [0.1, 0.15) is 4.21 Å². The van der Waals surface area contributed by atoms with Crippen molar-refractivity contribution in [1.29, 1.82) is 0 Å². The molecule has 0 unspecified atom stereocenters. The van der Waals surface area contributed by atoms with Crippen LogP contribution in [-0.2, 0) is 16.6 Å². The van der Waals surface area contributed by atoms with Gasteiger partial charge >= 0.3 is 6.03 Å². The van der Waals surface area contributed by atoms with Crippen LogP contribution in [-0.4, -0.2) is 41.6 Å². The van der Waals surface area contributed by atoms with Crippen molar-refractivity contribution in [3.8, 4) is 5.69 Å². The number of thiophene rings is 1. The van der Waals surface area contributed by atoms with E-state index in [-0.39, 0.29) is 12.6 Å². The minimum atomic E-state index is -3.42. The van der Waals surface area contributed by atoms with Gasteiger partial charge in [-0.2, -0.15) is 9.40 Å². The summed E-state index contributed by atoms with van der Waals surface area (Å²) in [5.74, 6) is 0. The van der Waals surface area contributed by atoms with Gasteiger partial charge in [0.25, 0.3) is 10.0 Å². The molecule has 2 amide bonds. The highest BCUT2D eigenvalue weighted by Gasteiger charge is 2.28. The number of nitrogens with one attached hydrogen (secondary N) is 2. The van der Waals surface area contributed by atoms with Gasteiger partial charge in [0, 0.05) is 36.0 Å². The number of aromatic nitrogens is 2. The minimum absolute atomic E-state index is 0.255. The topological polar surface area (TPSA) is 96.3 Å². The SMILES string of the molecule is O=C(NCc1ccc(S(=O)(=O)N2CCCC2)s1)Nc1cccc(-n2cccn2)c1. The molecule has 2 aromatic heterocycles. The number of nitrogens with zero attached hydrogens (tertiary/aromatic N) is 3. The van der Waals surface area contributed by atoms with Crippen LogP contribution in [0.2, 0.25) is 0 Å². The van der Waals surface area contributed by atoms with Gasteiger partial charge in [0.15, 0.2) is 0 Å². The fourth-order valence-corrected chi connectivity index (χ4v) is 6.10. The van der Waals surface area contributed by atoms with E-state index in [2.05, 4.69) is 15.7 Å². The lowest BCUT2D eigenvalue weighted by Crippen LogP contribution is -2.28. The van der Waals surface area contributed by atoms with Gasteiger partial charge in [-0.25, -0.2) is 17.9 Å². The molecule has 1 aliphatic rings. The maximum Gasteiger partial charge on any atom is 0.319 e. The quantitative estimate of drug-likeness (QED) is 0.627. The molecule has 10 heteroatoms. The minimum Gasteiger partial charge on any atom is -0.333 e. The third-order valence-electron chi connectivity index (χ3n) is 4.59. The van der Waals surface area contributed by atoms with Crippen molar-refractivity contribution in [3.05, 3.63) is 59.7 Å². The van der Waals surface area contributed by atoms with Crippen molar-refractivity contribution < 1.29 is 13.2 Å². The van der Waals surface area contributed by atoms with Crippen molar-refractivity contribution in [2.24, 2.45) is 0 Å². The summed E-state index contributed by atoms with van der Waals surface area (Å²) >= 11 is 1.19. The predicted octanol–water partition coefficient (Wildman–Crippen LogP) is 3.04. The van der Waals surface area contributed by atoms with Crippen molar-refractivity contribution in [2.75, 3.05) is 18.4 Å². The second kappa shape index (κ2) is 8.36. The summed E-state index contributed by atoms with van der Waals surface area (Å²) in [7, 11) is -3.42. The molecule has 1 saturated heterocycles. The van der Waals surface area contributed by atoms with Crippen LogP contribution in [0.15, 0.2) is 59.1 Å². The van der Waals surface area contributed by atoms with Crippen LogP contribution in [0.5, 0.6) is 0 Å². The number of hydrogen-bond donors (Lipinski definition) is 2. The first-order chi connectivity index (χ1) is 14.0. The zero-order valence-electron chi connectivity index (χ0n) is 15.6.